The Morgan fingerprint density at radius 3 is 2.56 bits per heavy atom. The third-order valence-corrected chi connectivity index (χ3v) is 5.22. The first-order chi connectivity index (χ1) is 12.0. The van der Waals surface area contributed by atoms with E-state index in [1.165, 1.54) is 16.1 Å². The van der Waals surface area contributed by atoms with Crippen molar-refractivity contribution in [2.75, 3.05) is 31.6 Å². The van der Waals surface area contributed by atoms with E-state index in [0.717, 1.165) is 42.8 Å². The minimum atomic E-state index is 0.756. The summed E-state index contributed by atoms with van der Waals surface area (Å²) in [6.45, 7) is 11.9. The topological polar surface area (TPSA) is 52.5 Å². The van der Waals surface area contributed by atoms with E-state index in [1.807, 2.05) is 6.92 Å². The smallest absolute Gasteiger partial charge is 0.191 e. The number of benzene rings is 1. The first-order valence-corrected chi connectivity index (χ1v) is 9.54. The van der Waals surface area contributed by atoms with Crippen molar-refractivity contribution in [3.63, 3.8) is 0 Å². The summed E-state index contributed by atoms with van der Waals surface area (Å²) >= 11 is 1.73. The van der Waals surface area contributed by atoms with E-state index in [4.69, 9.17) is 0 Å². The van der Waals surface area contributed by atoms with E-state index in [-0.39, 0.29) is 0 Å². The van der Waals surface area contributed by atoms with E-state index >= 15 is 0 Å². The van der Waals surface area contributed by atoms with Gasteiger partial charge in [0.25, 0.3) is 0 Å². The molecule has 0 aliphatic carbocycles. The van der Waals surface area contributed by atoms with Gasteiger partial charge in [-0.25, -0.2) is 4.98 Å². The van der Waals surface area contributed by atoms with Crippen molar-refractivity contribution < 1.29 is 0 Å². The first kappa shape index (κ1) is 19.2. The second-order valence-electron chi connectivity index (χ2n) is 5.96. The highest BCUT2D eigenvalue weighted by Crippen LogP contribution is 2.18. The van der Waals surface area contributed by atoms with Crippen molar-refractivity contribution in [1.29, 1.82) is 0 Å². The number of thiazole rings is 1. The monoisotopic (exact) mass is 359 g/mol. The summed E-state index contributed by atoms with van der Waals surface area (Å²) in [5.41, 5.74) is 3.70. The number of hydrogen-bond acceptors (Lipinski definition) is 4. The number of aryl methyl sites for hydroxylation is 3. The lowest BCUT2D eigenvalue weighted by Crippen LogP contribution is -2.41. The Hall–Kier alpha value is -2.08. The fraction of sp³-hybridized carbons (Fsp3) is 0.474. The van der Waals surface area contributed by atoms with E-state index in [9.17, 15) is 0 Å². The molecule has 2 rings (SSSR count). The molecule has 1 aromatic carbocycles. The van der Waals surface area contributed by atoms with Gasteiger partial charge in [-0.1, -0.05) is 18.2 Å². The zero-order valence-electron chi connectivity index (χ0n) is 15.9. The molecule has 6 heteroatoms. The van der Waals surface area contributed by atoms with Crippen molar-refractivity contribution in [1.82, 2.24) is 15.6 Å². The third kappa shape index (κ3) is 5.46. The average Bonchev–Trinajstić information content (AvgIpc) is 2.93. The number of rotatable bonds is 7. The van der Waals surface area contributed by atoms with Gasteiger partial charge in [0.05, 0.1) is 17.2 Å². The molecule has 0 amide bonds. The van der Waals surface area contributed by atoms with E-state index in [1.54, 1.807) is 18.4 Å². The van der Waals surface area contributed by atoms with Crippen LogP contribution in [0.15, 0.2) is 29.3 Å². The van der Waals surface area contributed by atoms with Gasteiger partial charge in [0.15, 0.2) is 5.96 Å². The lowest BCUT2D eigenvalue weighted by Gasteiger charge is -2.25. The SMILES string of the molecule is CCN(CCNC(=NC)NCc1sc(C)nc1C)c1ccccc1C. The Kier molecular flexibility index (Phi) is 7.25. The maximum absolute atomic E-state index is 4.46. The second-order valence-corrected chi connectivity index (χ2v) is 7.25. The number of nitrogens with one attached hydrogen (secondary N) is 2. The molecule has 25 heavy (non-hydrogen) atoms. The molecule has 1 aromatic heterocycles. The van der Waals surface area contributed by atoms with Crippen LogP contribution in [0.3, 0.4) is 0 Å². The van der Waals surface area contributed by atoms with Gasteiger partial charge in [0.1, 0.15) is 0 Å². The molecule has 2 aromatic rings. The van der Waals surface area contributed by atoms with Crippen LogP contribution in [-0.2, 0) is 6.54 Å². The Morgan fingerprint density at radius 1 is 1.20 bits per heavy atom. The van der Waals surface area contributed by atoms with Gasteiger partial charge < -0.3 is 15.5 Å². The van der Waals surface area contributed by atoms with Gasteiger partial charge in [0, 0.05) is 37.2 Å². The van der Waals surface area contributed by atoms with Crippen LogP contribution in [0, 0.1) is 20.8 Å². The molecular weight excluding hydrogens is 330 g/mol. The summed E-state index contributed by atoms with van der Waals surface area (Å²) < 4.78 is 0. The van der Waals surface area contributed by atoms with Crippen molar-refractivity contribution in [2.24, 2.45) is 4.99 Å². The van der Waals surface area contributed by atoms with Crippen molar-refractivity contribution in [3.05, 3.63) is 45.4 Å². The zero-order chi connectivity index (χ0) is 18.2. The number of nitrogens with zero attached hydrogens (tertiary/aromatic N) is 3. The molecule has 0 atom stereocenters. The molecule has 1 heterocycles. The standard InChI is InChI=1S/C19H29N5S/c1-6-24(17-10-8-7-9-14(17)2)12-11-21-19(20-5)22-13-18-15(3)23-16(4)25-18/h7-10H,6,11-13H2,1-5H3,(H2,20,21,22). The number of aromatic nitrogens is 1. The fourth-order valence-corrected chi connectivity index (χ4v) is 3.68. The molecule has 2 N–H and O–H groups in total. The Labute approximate surface area is 155 Å². The summed E-state index contributed by atoms with van der Waals surface area (Å²) in [6, 6.07) is 8.52. The molecule has 0 fully saturated rings. The van der Waals surface area contributed by atoms with Crippen molar-refractivity contribution in [3.8, 4) is 0 Å². The van der Waals surface area contributed by atoms with E-state index in [2.05, 4.69) is 70.5 Å². The molecule has 0 saturated heterocycles. The fourth-order valence-electron chi connectivity index (χ4n) is 2.80. The zero-order valence-corrected chi connectivity index (χ0v) is 16.7. The highest BCUT2D eigenvalue weighted by atomic mass is 32.1. The van der Waals surface area contributed by atoms with Crippen LogP contribution in [0.25, 0.3) is 0 Å². The van der Waals surface area contributed by atoms with Gasteiger partial charge >= 0.3 is 0 Å². The number of anilines is 1. The van der Waals surface area contributed by atoms with Gasteiger partial charge in [-0.2, -0.15) is 0 Å². The minimum absolute atomic E-state index is 0.756. The molecule has 0 aliphatic heterocycles. The normalized spacial score (nSPS) is 11.5. The van der Waals surface area contributed by atoms with Gasteiger partial charge in [-0.15, -0.1) is 11.3 Å². The lowest BCUT2D eigenvalue weighted by molar-refractivity contribution is 0.749. The molecule has 0 radical (unpaired) electrons. The van der Waals surface area contributed by atoms with E-state index < -0.39 is 0 Å². The van der Waals surface area contributed by atoms with Crippen LogP contribution in [0.1, 0.15) is 28.1 Å². The Morgan fingerprint density at radius 2 is 1.96 bits per heavy atom. The van der Waals surface area contributed by atoms with Crippen molar-refractivity contribution >= 4 is 23.0 Å². The molecule has 0 unspecified atom stereocenters. The number of guanidine groups is 1. The predicted octanol–water partition coefficient (Wildman–Crippen LogP) is 3.26. The number of hydrogen-bond donors (Lipinski definition) is 2. The number of para-hydroxylation sites is 1. The van der Waals surface area contributed by atoms with Crippen molar-refractivity contribution in [2.45, 2.75) is 34.2 Å². The van der Waals surface area contributed by atoms with Crippen LogP contribution in [-0.4, -0.2) is 37.6 Å². The van der Waals surface area contributed by atoms with Crippen LogP contribution in [0.2, 0.25) is 0 Å². The van der Waals surface area contributed by atoms with Crippen LogP contribution < -0.4 is 15.5 Å². The van der Waals surface area contributed by atoms with Crippen LogP contribution in [0.4, 0.5) is 5.69 Å². The molecule has 0 saturated carbocycles. The van der Waals surface area contributed by atoms with Crippen LogP contribution >= 0.6 is 11.3 Å². The number of likely N-dealkylation sites (N-methyl/N-ethyl adjacent to an activating group) is 1. The van der Waals surface area contributed by atoms with Crippen LogP contribution in [0.5, 0.6) is 0 Å². The summed E-state index contributed by atoms with van der Waals surface area (Å²) in [5.74, 6) is 0.825. The third-order valence-electron chi connectivity index (χ3n) is 4.15. The molecule has 0 bridgehead atoms. The first-order valence-electron chi connectivity index (χ1n) is 8.73. The lowest BCUT2D eigenvalue weighted by atomic mass is 10.2. The molecule has 136 valence electrons. The quantitative estimate of drug-likeness (QED) is 0.588. The highest BCUT2D eigenvalue weighted by Gasteiger charge is 2.08. The molecule has 5 nitrogen and oxygen atoms in total. The summed E-state index contributed by atoms with van der Waals surface area (Å²) in [5, 5.41) is 7.88. The maximum atomic E-state index is 4.46. The Balaban J connectivity index is 1.84. The Bertz CT molecular complexity index is 708. The van der Waals surface area contributed by atoms with Gasteiger partial charge in [-0.05, 0) is 39.3 Å². The minimum Gasteiger partial charge on any atom is -0.370 e. The second kappa shape index (κ2) is 9.42. The maximum Gasteiger partial charge on any atom is 0.191 e. The summed E-state index contributed by atoms with van der Waals surface area (Å²) in [7, 11) is 1.80. The largest absolute Gasteiger partial charge is 0.370 e. The average molecular weight is 360 g/mol. The molecule has 0 aliphatic rings. The molecular formula is C19H29N5S. The summed E-state index contributed by atoms with van der Waals surface area (Å²) in [4.78, 5) is 12.4. The molecule has 0 spiro atoms. The number of aliphatic imine (C=N–C) groups is 1. The van der Waals surface area contributed by atoms with Gasteiger partial charge in [0.2, 0.25) is 0 Å². The van der Waals surface area contributed by atoms with Gasteiger partial charge in [-0.3, -0.25) is 4.99 Å². The van der Waals surface area contributed by atoms with E-state index in [0.29, 0.717) is 0 Å². The summed E-state index contributed by atoms with van der Waals surface area (Å²) in [6.07, 6.45) is 0. The predicted molar refractivity (Wildman–Crippen MR) is 109 cm³/mol. The highest BCUT2D eigenvalue weighted by molar-refractivity contribution is 7.11.